The zero-order valence-corrected chi connectivity index (χ0v) is 14.6. The van der Waals surface area contributed by atoms with Gasteiger partial charge in [-0.25, -0.2) is 8.78 Å². The second kappa shape index (κ2) is 6.96. The van der Waals surface area contributed by atoms with Gasteiger partial charge in [-0.15, -0.1) is 0 Å². The molecule has 3 aromatic rings. The molecule has 1 atom stereocenters. The Morgan fingerprint density at radius 3 is 2.58 bits per heavy atom. The molecule has 1 aromatic carbocycles. The summed E-state index contributed by atoms with van der Waals surface area (Å²) < 4.78 is 27.7. The van der Waals surface area contributed by atoms with Crippen molar-refractivity contribution in [1.29, 1.82) is 0 Å². The summed E-state index contributed by atoms with van der Waals surface area (Å²) in [4.78, 5) is 12.9. The molecule has 0 radical (unpaired) electrons. The van der Waals surface area contributed by atoms with Gasteiger partial charge in [0.15, 0.2) is 5.82 Å². The van der Waals surface area contributed by atoms with E-state index < -0.39 is 11.6 Å². The molecular formula is C20H20F2N4. The Morgan fingerprint density at radius 1 is 1.04 bits per heavy atom. The molecule has 0 aliphatic carbocycles. The number of fused-ring (bicyclic) bond motifs is 1. The van der Waals surface area contributed by atoms with Crippen LogP contribution >= 0.6 is 0 Å². The number of anilines is 1. The molecule has 4 rings (SSSR count). The summed E-state index contributed by atoms with van der Waals surface area (Å²) in [6.45, 7) is 5.51. The molecule has 1 unspecified atom stereocenters. The van der Waals surface area contributed by atoms with Crippen molar-refractivity contribution >= 4 is 16.6 Å². The number of nitrogens with zero attached hydrogens (tertiary/aromatic N) is 4. The number of halogens is 2. The largest absolute Gasteiger partial charge is 0.368 e. The molecule has 0 N–H and O–H groups in total. The third kappa shape index (κ3) is 3.12. The van der Waals surface area contributed by atoms with E-state index in [1.165, 1.54) is 11.6 Å². The summed E-state index contributed by atoms with van der Waals surface area (Å²) in [6, 6.07) is 8.41. The maximum atomic E-state index is 14.0. The standard InChI is InChI=1S/C20H20F2N4/c1-14(15-3-2-5-23-13-15)25-7-9-26(10-8-25)19-4-6-24-20-17(19)11-16(21)12-18(20)22/h2-6,11-14H,7-10H2,1H3. The van der Waals surface area contributed by atoms with Crippen molar-refractivity contribution in [2.75, 3.05) is 31.1 Å². The van der Waals surface area contributed by atoms with Gasteiger partial charge in [0, 0.05) is 68.0 Å². The van der Waals surface area contributed by atoms with Crippen molar-refractivity contribution in [1.82, 2.24) is 14.9 Å². The summed E-state index contributed by atoms with van der Waals surface area (Å²) in [5.41, 5.74) is 2.25. The van der Waals surface area contributed by atoms with Crippen molar-refractivity contribution in [3.63, 3.8) is 0 Å². The van der Waals surface area contributed by atoms with E-state index in [0.29, 0.717) is 5.39 Å². The van der Waals surface area contributed by atoms with Gasteiger partial charge >= 0.3 is 0 Å². The van der Waals surface area contributed by atoms with Gasteiger partial charge in [0.05, 0.1) is 0 Å². The summed E-state index contributed by atoms with van der Waals surface area (Å²) in [5, 5.41) is 0.527. The minimum atomic E-state index is -0.620. The molecule has 0 bridgehead atoms. The predicted molar refractivity (Wildman–Crippen MR) is 98.1 cm³/mol. The fourth-order valence-corrected chi connectivity index (χ4v) is 3.62. The number of aromatic nitrogens is 2. The highest BCUT2D eigenvalue weighted by Gasteiger charge is 2.23. The molecular weight excluding hydrogens is 334 g/mol. The lowest BCUT2D eigenvalue weighted by atomic mass is 10.1. The smallest absolute Gasteiger partial charge is 0.152 e. The summed E-state index contributed by atoms with van der Waals surface area (Å²) in [7, 11) is 0. The maximum absolute atomic E-state index is 14.0. The van der Waals surface area contributed by atoms with Gasteiger partial charge < -0.3 is 4.90 Å². The Kier molecular flexibility index (Phi) is 4.51. The Bertz CT molecular complexity index is 908. The Labute approximate surface area is 151 Å². The van der Waals surface area contributed by atoms with E-state index in [9.17, 15) is 8.78 Å². The third-order valence-electron chi connectivity index (χ3n) is 5.11. The van der Waals surface area contributed by atoms with Gasteiger partial charge in [0.25, 0.3) is 0 Å². The lowest BCUT2D eigenvalue weighted by Crippen LogP contribution is -2.47. The molecule has 26 heavy (non-hydrogen) atoms. The van der Waals surface area contributed by atoms with Crippen LogP contribution in [0.15, 0.2) is 48.9 Å². The average Bonchev–Trinajstić information content (AvgIpc) is 2.68. The highest BCUT2D eigenvalue weighted by Crippen LogP contribution is 2.30. The first-order valence-corrected chi connectivity index (χ1v) is 8.76. The van der Waals surface area contributed by atoms with E-state index in [2.05, 4.69) is 32.8 Å². The van der Waals surface area contributed by atoms with Gasteiger partial charge in [0.1, 0.15) is 11.3 Å². The highest BCUT2D eigenvalue weighted by atomic mass is 19.1. The van der Waals surface area contributed by atoms with Crippen LogP contribution in [0.3, 0.4) is 0 Å². The van der Waals surface area contributed by atoms with Crippen molar-refractivity contribution in [3.05, 3.63) is 66.1 Å². The zero-order chi connectivity index (χ0) is 18.1. The zero-order valence-electron chi connectivity index (χ0n) is 14.6. The maximum Gasteiger partial charge on any atom is 0.152 e. The van der Waals surface area contributed by atoms with Crippen LogP contribution in [0.4, 0.5) is 14.5 Å². The summed E-state index contributed by atoms with van der Waals surface area (Å²) in [6.07, 6.45) is 5.27. The Hall–Kier alpha value is -2.60. The molecule has 0 amide bonds. The predicted octanol–water partition coefficient (Wildman–Crippen LogP) is 3.79. The number of piperazine rings is 1. The van der Waals surface area contributed by atoms with Crippen molar-refractivity contribution in [3.8, 4) is 0 Å². The van der Waals surface area contributed by atoms with Crippen molar-refractivity contribution < 1.29 is 8.78 Å². The average molecular weight is 354 g/mol. The monoisotopic (exact) mass is 354 g/mol. The Morgan fingerprint density at radius 2 is 1.85 bits per heavy atom. The molecule has 1 fully saturated rings. The fourth-order valence-electron chi connectivity index (χ4n) is 3.62. The van der Waals surface area contributed by atoms with Crippen LogP contribution in [0.1, 0.15) is 18.5 Å². The van der Waals surface area contributed by atoms with Crippen LogP contribution in [0.25, 0.3) is 10.9 Å². The van der Waals surface area contributed by atoms with Crippen LogP contribution in [0, 0.1) is 11.6 Å². The van der Waals surface area contributed by atoms with E-state index in [1.807, 2.05) is 18.3 Å². The quantitative estimate of drug-likeness (QED) is 0.716. The number of benzene rings is 1. The first-order valence-electron chi connectivity index (χ1n) is 8.76. The van der Waals surface area contributed by atoms with Crippen LogP contribution < -0.4 is 4.90 Å². The van der Waals surface area contributed by atoms with Gasteiger partial charge in [-0.05, 0) is 30.7 Å². The highest BCUT2D eigenvalue weighted by molar-refractivity contribution is 5.92. The van der Waals surface area contributed by atoms with E-state index in [0.717, 1.165) is 37.9 Å². The first kappa shape index (κ1) is 16.8. The van der Waals surface area contributed by atoms with E-state index in [4.69, 9.17) is 0 Å². The summed E-state index contributed by atoms with van der Waals surface area (Å²) >= 11 is 0. The molecule has 0 spiro atoms. The summed E-state index contributed by atoms with van der Waals surface area (Å²) in [5.74, 6) is -1.20. The second-order valence-electron chi connectivity index (χ2n) is 6.60. The second-order valence-corrected chi connectivity index (χ2v) is 6.60. The Balaban J connectivity index is 1.55. The number of hydrogen-bond acceptors (Lipinski definition) is 4. The molecule has 1 saturated heterocycles. The molecule has 3 heterocycles. The van der Waals surface area contributed by atoms with Crippen LogP contribution in [-0.2, 0) is 0 Å². The molecule has 4 nitrogen and oxygen atoms in total. The van der Waals surface area contributed by atoms with Crippen LogP contribution in [0.5, 0.6) is 0 Å². The number of rotatable bonds is 3. The lowest BCUT2D eigenvalue weighted by molar-refractivity contribution is 0.198. The first-order chi connectivity index (χ1) is 12.6. The minimum absolute atomic E-state index is 0.218. The fraction of sp³-hybridized carbons (Fsp3) is 0.300. The van der Waals surface area contributed by atoms with Crippen LogP contribution in [-0.4, -0.2) is 41.0 Å². The minimum Gasteiger partial charge on any atom is -0.368 e. The normalized spacial score (nSPS) is 16.8. The van der Waals surface area contributed by atoms with Gasteiger partial charge in [-0.1, -0.05) is 6.07 Å². The molecule has 0 saturated carbocycles. The molecule has 1 aliphatic rings. The van der Waals surface area contributed by atoms with Gasteiger partial charge in [-0.2, -0.15) is 0 Å². The number of hydrogen-bond donors (Lipinski definition) is 0. The van der Waals surface area contributed by atoms with Crippen molar-refractivity contribution in [2.24, 2.45) is 0 Å². The topological polar surface area (TPSA) is 32.3 Å². The number of pyridine rings is 2. The lowest BCUT2D eigenvalue weighted by Gasteiger charge is -2.39. The van der Waals surface area contributed by atoms with Gasteiger partial charge in [-0.3, -0.25) is 14.9 Å². The molecule has 6 heteroatoms. The van der Waals surface area contributed by atoms with E-state index >= 15 is 0 Å². The van der Waals surface area contributed by atoms with E-state index in [1.54, 1.807) is 12.4 Å². The van der Waals surface area contributed by atoms with Crippen molar-refractivity contribution in [2.45, 2.75) is 13.0 Å². The molecule has 2 aromatic heterocycles. The SMILES string of the molecule is CC(c1cccnc1)N1CCN(c2ccnc3c(F)cc(F)cc23)CC1. The van der Waals surface area contributed by atoms with Gasteiger partial charge in [0.2, 0.25) is 0 Å². The van der Waals surface area contributed by atoms with E-state index in [-0.39, 0.29) is 11.6 Å². The van der Waals surface area contributed by atoms with Crippen LogP contribution in [0.2, 0.25) is 0 Å². The third-order valence-corrected chi connectivity index (χ3v) is 5.11. The molecule has 134 valence electrons. The molecule has 1 aliphatic heterocycles.